The number of hydrogen-bond donors (Lipinski definition) is 1. The number of carbonyl (C=O) groups is 1. The van der Waals surface area contributed by atoms with Gasteiger partial charge in [0.1, 0.15) is 5.01 Å². The first kappa shape index (κ1) is 20.3. The van der Waals surface area contributed by atoms with Crippen LogP contribution in [0, 0.1) is 13.8 Å². The van der Waals surface area contributed by atoms with Crippen LogP contribution in [0.25, 0.3) is 22.0 Å². The van der Waals surface area contributed by atoms with Crippen molar-refractivity contribution in [3.63, 3.8) is 0 Å². The van der Waals surface area contributed by atoms with Gasteiger partial charge in [0.25, 0.3) is 5.91 Å². The van der Waals surface area contributed by atoms with Crippen molar-refractivity contribution in [2.75, 3.05) is 0 Å². The zero-order valence-electron chi connectivity index (χ0n) is 17.2. The Kier molecular flexibility index (Phi) is 6.29. The van der Waals surface area contributed by atoms with E-state index in [1.165, 1.54) is 0 Å². The van der Waals surface area contributed by atoms with Gasteiger partial charge in [0, 0.05) is 41.1 Å². The summed E-state index contributed by atoms with van der Waals surface area (Å²) in [5, 5.41) is 6.01. The van der Waals surface area contributed by atoms with Crippen LogP contribution in [0.4, 0.5) is 0 Å². The zero-order chi connectivity index (χ0) is 20.3. The van der Waals surface area contributed by atoms with E-state index in [0.717, 1.165) is 58.3 Å². The number of carbonyl (C=O) groups excluding carboxylic acids is 1. The lowest BCUT2D eigenvalue weighted by atomic mass is 10.2. The van der Waals surface area contributed by atoms with Crippen molar-refractivity contribution in [2.45, 2.75) is 60.0 Å². The number of unbranched alkanes of at least 4 members (excludes halogenated alkanes) is 1. The van der Waals surface area contributed by atoms with E-state index in [4.69, 9.17) is 4.98 Å². The van der Waals surface area contributed by atoms with Crippen LogP contribution in [-0.2, 0) is 6.54 Å². The topological polar surface area (TPSA) is 59.8 Å². The van der Waals surface area contributed by atoms with E-state index >= 15 is 0 Å². The third kappa shape index (κ3) is 4.33. The summed E-state index contributed by atoms with van der Waals surface area (Å²) in [5.41, 5.74) is 5.64. The molecule has 1 N–H and O–H groups in total. The molecule has 0 aliphatic heterocycles. The molecule has 0 saturated heterocycles. The minimum atomic E-state index is -0.0258. The summed E-state index contributed by atoms with van der Waals surface area (Å²) in [7, 11) is 0. The van der Waals surface area contributed by atoms with Gasteiger partial charge < -0.3 is 9.88 Å². The number of amides is 1. The van der Waals surface area contributed by atoms with E-state index < -0.39 is 0 Å². The number of aromatic nitrogens is 3. The van der Waals surface area contributed by atoms with E-state index in [0.29, 0.717) is 0 Å². The normalized spacial score (nSPS) is 11.2. The first-order valence-corrected chi connectivity index (χ1v) is 10.7. The number of hydrogen-bond acceptors (Lipinski definition) is 4. The molecule has 5 nitrogen and oxygen atoms in total. The molecule has 0 radical (unpaired) electrons. The standard InChI is InChI=1S/C22H28N4OS/c1-6-7-10-26-16(5)18(21(27)24-14(2)3)11-20(26)19-13-28-22(25-19)17-9-8-15(4)23-12-17/h8-9,11-14H,6-7,10H2,1-5H3,(H,24,27). The van der Waals surface area contributed by atoms with Crippen LogP contribution in [0.3, 0.4) is 0 Å². The molecule has 1 amide bonds. The molecule has 0 aliphatic rings. The van der Waals surface area contributed by atoms with Gasteiger partial charge in [-0.15, -0.1) is 11.3 Å². The van der Waals surface area contributed by atoms with Gasteiger partial charge in [-0.2, -0.15) is 0 Å². The Hall–Kier alpha value is -2.47. The van der Waals surface area contributed by atoms with E-state index in [9.17, 15) is 4.79 Å². The molecule has 3 heterocycles. The van der Waals surface area contributed by atoms with Gasteiger partial charge >= 0.3 is 0 Å². The minimum absolute atomic E-state index is 0.0258. The zero-order valence-corrected chi connectivity index (χ0v) is 18.1. The van der Waals surface area contributed by atoms with Gasteiger partial charge in [0.05, 0.1) is 17.0 Å². The van der Waals surface area contributed by atoms with Crippen molar-refractivity contribution in [1.82, 2.24) is 19.9 Å². The van der Waals surface area contributed by atoms with Crippen LogP contribution in [0.5, 0.6) is 0 Å². The van der Waals surface area contributed by atoms with Crippen LogP contribution >= 0.6 is 11.3 Å². The highest BCUT2D eigenvalue weighted by Gasteiger charge is 2.20. The number of aryl methyl sites for hydroxylation is 1. The second kappa shape index (κ2) is 8.69. The van der Waals surface area contributed by atoms with Crippen molar-refractivity contribution >= 4 is 17.2 Å². The molecule has 0 spiro atoms. The number of pyridine rings is 1. The van der Waals surface area contributed by atoms with Crippen molar-refractivity contribution in [3.8, 4) is 22.0 Å². The second-order valence-corrected chi connectivity index (χ2v) is 8.25. The molecule has 0 saturated carbocycles. The summed E-state index contributed by atoms with van der Waals surface area (Å²) in [4.78, 5) is 21.9. The van der Waals surface area contributed by atoms with Crippen molar-refractivity contribution in [1.29, 1.82) is 0 Å². The molecular formula is C22H28N4OS. The largest absolute Gasteiger partial charge is 0.350 e. The molecule has 0 unspecified atom stereocenters. The van der Waals surface area contributed by atoms with Gasteiger partial charge in [0.15, 0.2) is 0 Å². The fraction of sp³-hybridized carbons (Fsp3) is 0.409. The SMILES string of the molecule is CCCCn1c(-c2csc(-c3ccc(C)nc3)n2)cc(C(=O)NC(C)C)c1C. The van der Waals surface area contributed by atoms with Crippen molar-refractivity contribution in [3.05, 3.63) is 46.7 Å². The summed E-state index contributed by atoms with van der Waals surface area (Å²) < 4.78 is 2.23. The maximum absolute atomic E-state index is 12.7. The summed E-state index contributed by atoms with van der Waals surface area (Å²) >= 11 is 1.61. The Balaban J connectivity index is 2.00. The third-order valence-electron chi connectivity index (χ3n) is 4.69. The molecule has 0 fully saturated rings. The maximum atomic E-state index is 12.7. The van der Waals surface area contributed by atoms with Crippen LogP contribution in [0.2, 0.25) is 0 Å². The summed E-state index contributed by atoms with van der Waals surface area (Å²) in [6.45, 7) is 11.0. The predicted octanol–water partition coefficient (Wildman–Crippen LogP) is 5.23. The Morgan fingerprint density at radius 1 is 1.29 bits per heavy atom. The predicted molar refractivity (Wildman–Crippen MR) is 116 cm³/mol. The quantitative estimate of drug-likeness (QED) is 0.595. The highest BCUT2D eigenvalue weighted by Crippen LogP contribution is 2.31. The molecule has 0 aliphatic carbocycles. The van der Waals surface area contributed by atoms with E-state index in [1.807, 2.05) is 52.1 Å². The number of thiazole rings is 1. The molecule has 3 aromatic rings. The summed E-state index contributed by atoms with van der Waals surface area (Å²) in [6.07, 6.45) is 4.02. The first-order valence-electron chi connectivity index (χ1n) is 9.80. The molecule has 148 valence electrons. The highest BCUT2D eigenvalue weighted by molar-refractivity contribution is 7.13. The molecule has 28 heavy (non-hydrogen) atoms. The maximum Gasteiger partial charge on any atom is 0.253 e. The minimum Gasteiger partial charge on any atom is -0.350 e. The van der Waals surface area contributed by atoms with Crippen LogP contribution in [0.15, 0.2) is 29.8 Å². The van der Waals surface area contributed by atoms with Crippen LogP contribution in [0.1, 0.15) is 55.4 Å². The fourth-order valence-corrected chi connectivity index (χ4v) is 3.95. The van der Waals surface area contributed by atoms with E-state index in [-0.39, 0.29) is 11.9 Å². The number of rotatable bonds is 7. The lowest BCUT2D eigenvalue weighted by Crippen LogP contribution is -2.30. The lowest BCUT2D eigenvalue weighted by molar-refractivity contribution is 0.0942. The molecular weight excluding hydrogens is 368 g/mol. The smallest absolute Gasteiger partial charge is 0.253 e. The fourth-order valence-electron chi connectivity index (χ4n) is 3.15. The Labute approximate surface area is 170 Å². The lowest BCUT2D eigenvalue weighted by Gasteiger charge is -2.11. The number of nitrogens with one attached hydrogen (secondary N) is 1. The molecule has 0 atom stereocenters. The molecule has 3 aromatic heterocycles. The van der Waals surface area contributed by atoms with Crippen molar-refractivity contribution < 1.29 is 4.79 Å². The van der Waals surface area contributed by atoms with E-state index in [1.54, 1.807) is 11.3 Å². The Morgan fingerprint density at radius 3 is 2.71 bits per heavy atom. The molecule has 0 bridgehead atoms. The summed E-state index contributed by atoms with van der Waals surface area (Å²) in [6, 6.07) is 6.14. The molecule has 3 rings (SSSR count). The molecule has 0 aromatic carbocycles. The van der Waals surface area contributed by atoms with Gasteiger partial charge in [-0.1, -0.05) is 13.3 Å². The van der Waals surface area contributed by atoms with Crippen LogP contribution < -0.4 is 5.32 Å². The second-order valence-electron chi connectivity index (χ2n) is 7.39. The van der Waals surface area contributed by atoms with Gasteiger partial charge in [-0.05, 0) is 52.3 Å². The number of nitrogens with zero attached hydrogens (tertiary/aromatic N) is 3. The third-order valence-corrected chi connectivity index (χ3v) is 5.58. The van der Waals surface area contributed by atoms with Gasteiger partial charge in [-0.3, -0.25) is 9.78 Å². The van der Waals surface area contributed by atoms with E-state index in [2.05, 4.69) is 27.2 Å². The Morgan fingerprint density at radius 2 is 2.07 bits per heavy atom. The monoisotopic (exact) mass is 396 g/mol. The van der Waals surface area contributed by atoms with Crippen molar-refractivity contribution in [2.24, 2.45) is 0 Å². The van der Waals surface area contributed by atoms with Gasteiger partial charge in [-0.25, -0.2) is 4.98 Å². The van der Waals surface area contributed by atoms with Crippen LogP contribution in [-0.4, -0.2) is 26.5 Å². The highest BCUT2D eigenvalue weighted by atomic mass is 32.1. The summed E-state index contributed by atoms with van der Waals surface area (Å²) in [5.74, 6) is -0.0258. The Bertz CT molecular complexity index is 954. The average molecular weight is 397 g/mol. The molecule has 6 heteroatoms. The first-order chi connectivity index (χ1) is 13.4. The average Bonchev–Trinajstić information content (AvgIpc) is 3.25. The van der Waals surface area contributed by atoms with Gasteiger partial charge in [0.2, 0.25) is 0 Å².